The van der Waals surface area contributed by atoms with Gasteiger partial charge in [0.1, 0.15) is 17.6 Å². The number of aromatic nitrogens is 4. The van der Waals surface area contributed by atoms with E-state index in [1.54, 1.807) is 0 Å². The quantitative estimate of drug-likeness (QED) is 0.905. The Bertz CT molecular complexity index is 813. The summed E-state index contributed by atoms with van der Waals surface area (Å²) in [6.07, 6.45) is -2.36. The van der Waals surface area contributed by atoms with E-state index in [1.165, 1.54) is 31.5 Å². The minimum absolute atomic E-state index is 0.00861. The van der Waals surface area contributed by atoms with Crippen LogP contribution in [-0.2, 0) is 4.79 Å². The van der Waals surface area contributed by atoms with Crippen molar-refractivity contribution in [3.8, 4) is 0 Å². The van der Waals surface area contributed by atoms with E-state index in [0.29, 0.717) is 0 Å². The van der Waals surface area contributed by atoms with Crippen LogP contribution in [0.4, 0.5) is 19.0 Å². The number of nitrogens with zero attached hydrogens (tertiary/aromatic N) is 5. The molecule has 0 fully saturated rings. The predicted molar refractivity (Wildman–Crippen MR) is 78.2 cm³/mol. The molecule has 2 aromatic heterocycles. The summed E-state index contributed by atoms with van der Waals surface area (Å²) in [7, 11) is 0. The molecule has 0 bridgehead atoms. The van der Waals surface area contributed by atoms with E-state index in [2.05, 4.69) is 10.2 Å². The molecule has 0 radical (unpaired) electrons. The van der Waals surface area contributed by atoms with E-state index in [1.807, 2.05) is 0 Å². The smallest absolute Gasteiger partial charge is 0.410 e. The summed E-state index contributed by atoms with van der Waals surface area (Å²) >= 11 is 0. The van der Waals surface area contributed by atoms with Crippen LogP contribution in [0.1, 0.15) is 35.9 Å². The number of anilines is 1. The maximum atomic E-state index is 13.1. The first-order valence-corrected chi connectivity index (χ1v) is 7.40. The molecule has 2 aromatic rings. The molecule has 11 heteroatoms. The molecule has 2 atom stereocenters. The van der Waals surface area contributed by atoms with Crippen molar-refractivity contribution in [2.45, 2.75) is 31.6 Å². The fourth-order valence-electron chi connectivity index (χ4n) is 2.79. The molecule has 25 heavy (non-hydrogen) atoms. The Morgan fingerprint density at radius 1 is 1.28 bits per heavy atom. The van der Waals surface area contributed by atoms with E-state index in [9.17, 15) is 22.8 Å². The normalized spacial score (nSPS) is 18.7. The molecule has 0 aliphatic carbocycles. The number of carbonyl (C=O) groups is 2. The second kappa shape index (κ2) is 5.90. The highest BCUT2D eigenvalue weighted by Gasteiger charge is 2.46. The summed E-state index contributed by atoms with van der Waals surface area (Å²) in [4.78, 5) is 25.1. The molecule has 0 spiro atoms. The maximum Gasteiger partial charge on any atom is 0.410 e. The van der Waals surface area contributed by atoms with Crippen LogP contribution < -0.4 is 4.90 Å². The van der Waals surface area contributed by atoms with Gasteiger partial charge in [-0.15, -0.1) is 0 Å². The van der Waals surface area contributed by atoms with E-state index in [4.69, 9.17) is 5.11 Å². The second-order valence-electron chi connectivity index (χ2n) is 5.61. The first kappa shape index (κ1) is 17.0. The van der Waals surface area contributed by atoms with E-state index >= 15 is 0 Å². The molecule has 3 rings (SSSR count). The van der Waals surface area contributed by atoms with Crippen molar-refractivity contribution >= 4 is 17.7 Å². The van der Waals surface area contributed by atoms with Gasteiger partial charge in [0, 0.05) is 18.8 Å². The molecular formula is C14H14F3N5O3. The monoisotopic (exact) mass is 357 g/mol. The molecule has 134 valence electrons. The summed E-state index contributed by atoms with van der Waals surface area (Å²) in [6.45, 7) is 1.19. The summed E-state index contributed by atoms with van der Waals surface area (Å²) in [6, 6.07) is -0.244. The summed E-state index contributed by atoms with van der Waals surface area (Å²) < 4.78 is 41.1. The number of carboxylic acids is 1. The third kappa shape index (κ3) is 2.85. The number of rotatable bonds is 3. The van der Waals surface area contributed by atoms with Crippen LogP contribution in [0.25, 0.3) is 0 Å². The predicted octanol–water partition coefficient (Wildman–Crippen LogP) is 1.88. The average Bonchev–Trinajstić information content (AvgIpc) is 3.20. The molecular weight excluding hydrogens is 343 g/mol. The number of fused-ring (bicyclic) bond motifs is 1. The van der Waals surface area contributed by atoms with Crippen LogP contribution in [0.3, 0.4) is 0 Å². The number of carbonyl (C=O) groups excluding carboxylic acids is 1. The van der Waals surface area contributed by atoms with Gasteiger partial charge in [-0.3, -0.25) is 9.69 Å². The fraction of sp³-hybridized carbons (Fsp3) is 0.429. The topological polar surface area (TPSA) is 93.2 Å². The highest BCUT2D eigenvalue weighted by atomic mass is 19.4. The lowest BCUT2D eigenvalue weighted by atomic mass is 10.1. The number of halogens is 3. The lowest BCUT2D eigenvalue weighted by Gasteiger charge is -2.33. The molecule has 1 amide bonds. The lowest BCUT2D eigenvalue weighted by Crippen LogP contribution is -2.44. The third-order valence-corrected chi connectivity index (χ3v) is 4.08. The van der Waals surface area contributed by atoms with Crippen molar-refractivity contribution in [1.82, 2.24) is 19.6 Å². The highest BCUT2D eigenvalue weighted by Crippen LogP contribution is 2.39. The molecule has 0 saturated carbocycles. The van der Waals surface area contributed by atoms with Gasteiger partial charge in [0.25, 0.3) is 5.91 Å². The zero-order valence-electron chi connectivity index (χ0n) is 13.0. The lowest BCUT2D eigenvalue weighted by molar-refractivity contribution is -0.172. The molecule has 2 unspecified atom stereocenters. The van der Waals surface area contributed by atoms with Crippen molar-refractivity contribution < 1.29 is 27.9 Å². The number of aliphatic carboxylic acids is 1. The Morgan fingerprint density at radius 2 is 1.96 bits per heavy atom. The van der Waals surface area contributed by atoms with Gasteiger partial charge in [-0.1, -0.05) is 0 Å². The third-order valence-electron chi connectivity index (χ3n) is 4.08. The average molecular weight is 357 g/mol. The minimum atomic E-state index is -4.48. The van der Waals surface area contributed by atoms with Crippen molar-refractivity contribution in [3.63, 3.8) is 0 Å². The Morgan fingerprint density at radius 3 is 2.60 bits per heavy atom. The SMILES string of the molecule is CC(C(=O)O)n1nccc1C(=O)N1CCC(C(F)(F)F)n2nccc21. The van der Waals surface area contributed by atoms with E-state index in [-0.39, 0.29) is 24.5 Å². The number of alkyl halides is 3. The van der Waals surface area contributed by atoms with Gasteiger partial charge in [-0.2, -0.15) is 23.4 Å². The standard InChI is InChI=1S/C14H14F3N5O3/c1-8(13(24)25)21-9(2-5-18-21)12(23)20-7-4-10(14(15,16)17)22-11(20)3-6-19-22/h2-3,5-6,8,10H,4,7H2,1H3,(H,24,25). The van der Waals surface area contributed by atoms with Crippen molar-refractivity contribution in [3.05, 3.63) is 30.2 Å². The van der Waals surface area contributed by atoms with Crippen molar-refractivity contribution in [2.75, 3.05) is 11.4 Å². The van der Waals surface area contributed by atoms with Crippen LogP contribution in [0.5, 0.6) is 0 Å². The van der Waals surface area contributed by atoms with Gasteiger partial charge in [0.15, 0.2) is 6.04 Å². The molecule has 8 nitrogen and oxygen atoms in total. The Hall–Kier alpha value is -2.85. The van der Waals surface area contributed by atoms with Crippen molar-refractivity contribution in [1.29, 1.82) is 0 Å². The zero-order valence-corrected chi connectivity index (χ0v) is 13.0. The van der Waals surface area contributed by atoms with Crippen LogP contribution >= 0.6 is 0 Å². The van der Waals surface area contributed by atoms with Crippen LogP contribution in [0, 0.1) is 0 Å². The van der Waals surface area contributed by atoms with E-state index < -0.39 is 30.1 Å². The van der Waals surface area contributed by atoms with Gasteiger partial charge >= 0.3 is 12.1 Å². The Kier molecular flexibility index (Phi) is 4.01. The van der Waals surface area contributed by atoms with Gasteiger partial charge in [-0.05, 0) is 19.4 Å². The summed E-state index contributed by atoms with van der Waals surface area (Å²) in [5.74, 6) is -1.80. The molecule has 3 heterocycles. The molecule has 0 aromatic carbocycles. The highest BCUT2D eigenvalue weighted by molar-refractivity contribution is 6.04. The molecule has 1 aliphatic rings. The number of hydrogen-bond acceptors (Lipinski definition) is 4. The molecule has 1 N–H and O–H groups in total. The van der Waals surface area contributed by atoms with Gasteiger partial charge in [0.05, 0.1) is 6.20 Å². The van der Waals surface area contributed by atoms with Gasteiger partial charge < -0.3 is 5.11 Å². The second-order valence-corrected chi connectivity index (χ2v) is 5.61. The fourth-order valence-corrected chi connectivity index (χ4v) is 2.79. The minimum Gasteiger partial charge on any atom is -0.480 e. The number of amides is 1. The largest absolute Gasteiger partial charge is 0.480 e. The van der Waals surface area contributed by atoms with Crippen molar-refractivity contribution in [2.24, 2.45) is 0 Å². The van der Waals surface area contributed by atoms with Crippen LogP contribution in [0.15, 0.2) is 24.5 Å². The first-order chi connectivity index (χ1) is 11.7. The van der Waals surface area contributed by atoms with Gasteiger partial charge in [0.2, 0.25) is 0 Å². The van der Waals surface area contributed by atoms with Crippen LogP contribution in [-0.4, -0.2) is 49.3 Å². The van der Waals surface area contributed by atoms with E-state index in [0.717, 1.165) is 14.3 Å². The Balaban J connectivity index is 1.95. The molecule has 1 aliphatic heterocycles. The zero-order chi connectivity index (χ0) is 18.4. The van der Waals surface area contributed by atoms with Crippen LogP contribution in [0.2, 0.25) is 0 Å². The molecule has 0 saturated heterocycles. The number of carboxylic acid groups (broad SMARTS) is 1. The van der Waals surface area contributed by atoms with Gasteiger partial charge in [-0.25, -0.2) is 14.2 Å². The summed E-state index contributed by atoms with van der Waals surface area (Å²) in [5.41, 5.74) is -0.0203. The number of hydrogen-bond donors (Lipinski definition) is 1. The first-order valence-electron chi connectivity index (χ1n) is 7.40. The summed E-state index contributed by atoms with van der Waals surface area (Å²) in [5, 5.41) is 16.6. The Labute approximate surface area is 139 Å². The maximum absolute atomic E-state index is 13.1.